The highest BCUT2D eigenvalue weighted by molar-refractivity contribution is 7.80. The predicted octanol–water partition coefficient (Wildman–Crippen LogP) is 3.58. The van der Waals surface area contributed by atoms with Crippen molar-refractivity contribution in [2.45, 2.75) is 19.9 Å². The summed E-state index contributed by atoms with van der Waals surface area (Å²) in [7, 11) is 0. The quantitative estimate of drug-likeness (QED) is 0.847. The zero-order valence-corrected chi connectivity index (χ0v) is 12.2. The van der Waals surface area contributed by atoms with Crippen molar-refractivity contribution in [2.24, 2.45) is 0 Å². The summed E-state index contributed by atoms with van der Waals surface area (Å²) in [5.74, 6) is -0.252. The van der Waals surface area contributed by atoms with E-state index in [2.05, 4.69) is 15.6 Å². The molecule has 0 fully saturated rings. The molecule has 1 heterocycles. The van der Waals surface area contributed by atoms with Crippen LogP contribution in [-0.2, 0) is 0 Å². The number of thiocarbonyl (C=S) groups is 1. The number of hydrogen-bond donors (Lipinski definition) is 2. The third-order valence-corrected chi connectivity index (χ3v) is 3.18. The molecule has 104 valence electrons. The summed E-state index contributed by atoms with van der Waals surface area (Å²) in [4.78, 5) is 4.07. The minimum absolute atomic E-state index is 0.0268. The molecule has 2 N–H and O–H groups in total. The first-order valence-corrected chi connectivity index (χ1v) is 6.70. The van der Waals surface area contributed by atoms with Crippen molar-refractivity contribution in [3.63, 3.8) is 0 Å². The summed E-state index contributed by atoms with van der Waals surface area (Å²) in [5.41, 5.74) is 2.27. The van der Waals surface area contributed by atoms with Crippen LogP contribution in [0.5, 0.6) is 0 Å². The standard InChI is InChI=1S/C15H16FN3S/c1-10-5-6-13(8-14(10)16)19-15(20)18-11(2)12-4-3-7-17-9-12/h3-9,11H,1-2H3,(H2,18,19,20)/t11-/m0/s1. The molecule has 0 aliphatic rings. The second-order valence-electron chi connectivity index (χ2n) is 4.57. The van der Waals surface area contributed by atoms with Crippen LogP contribution in [0.3, 0.4) is 0 Å². The lowest BCUT2D eigenvalue weighted by atomic mass is 10.1. The first kappa shape index (κ1) is 14.4. The second kappa shape index (κ2) is 6.43. The number of halogens is 1. The van der Waals surface area contributed by atoms with Crippen molar-refractivity contribution in [1.29, 1.82) is 0 Å². The van der Waals surface area contributed by atoms with Gasteiger partial charge in [0, 0.05) is 18.1 Å². The van der Waals surface area contributed by atoms with Gasteiger partial charge in [-0.05, 0) is 55.4 Å². The number of nitrogens with one attached hydrogen (secondary N) is 2. The first-order chi connectivity index (χ1) is 9.56. The molecule has 0 bridgehead atoms. The van der Waals surface area contributed by atoms with Crippen LogP contribution in [0.4, 0.5) is 10.1 Å². The minimum atomic E-state index is -0.252. The molecule has 1 atom stereocenters. The highest BCUT2D eigenvalue weighted by atomic mass is 32.1. The molecule has 0 amide bonds. The van der Waals surface area contributed by atoms with Gasteiger partial charge >= 0.3 is 0 Å². The van der Waals surface area contributed by atoms with E-state index in [1.807, 2.05) is 19.1 Å². The molecule has 1 aromatic carbocycles. The van der Waals surface area contributed by atoms with Crippen LogP contribution in [0.15, 0.2) is 42.7 Å². The fourth-order valence-electron chi connectivity index (χ4n) is 1.75. The second-order valence-corrected chi connectivity index (χ2v) is 4.98. The summed E-state index contributed by atoms with van der Waals surface area (Å²) in [5, 5.41) is 6.56. The fourth-order valence-corrected chi connectivity index (χ4v) is 2.04. The van der Waals surface area contributed by atoms with Crippen LogP contribution in [0.2, 0.25) is 0 Å². The predicted molar refractivity (Wildman–Crippen MR) is 83.1 cm³/mol. The van der Waals surface area contributed by atoms with Gasteiger partial charge in [0.15, 0.2) is 5.11 Å². The molecular weight excluding hydrogens is 273 g/mol. The van der Waals surface area contributed by atoms with Gasteiger partial charge in [-0.25, -0.2) is 4.39 Å². The lowest BCUT2D eigenvalue weighted by Crippen LogP contribution is -2.30. The van der Waals surface area contributed by atoms with Gasteiger partial charge in [0.2, 0.25) is 0 Å². The molecule has 0 aliphatic heterocycles. The normalized spacial score (nSPS) is 11.8. The van der Waals surface area contributed by atoms with Gasteiger partial charge in [0.1, 0.15) is 5.82 Å². The number of aromatic nitrogens is 1. The number of pyridine rings is 1. The van der Waals surface area contributed by atoms with E-state index in [4.69, 9.17) is 12.2 Å². The Morgan fingerprint density at radius 3 is 2.80 bits per heavy atom. The monoisotopic (exact) mass is 289 g/mol. The molecule has 0 saturated carbocycles. The van der Waals surface area contributed by atoms with Crippen LogP contribution < -0.4 is 10.6 Å². The Kier molecular flexibility index (Phi) is 4.63. The smallest absolute Gasteiger partial charge is 0.171 e. The van der Waals surface area contributed by atoms with Crippen LogP contribution in [0.1, 0.15) is 24.1 Å². The van der Waals surface area contributed by atoms with E-state index in [1.54, 1.807) is 31.5 Å². The van der Waals surface area contributed by atoms with Crippen LogP contribution in [0.25, 0.3) is 0 Å². The molecule has 5 heteroatoms. The maximum absolute atomic E-state index is 13.4. The highest BCUT2D eigenvalue weighted by Crippen LogP contribution is 2.14. The average Bonchev–Trinajstić information content (AvgIpc) is 2.44. The molecule has 1 aromatic heterocycles. The third-order valence-electron chi connectivity index (χ3n) is 2.96. The Bertz CT molecular complexity index is 601. The largest absolute Gasteiger partial charge is 0.356 e. The molecule has 0 saturated heterocycles. The van der Waals surface area contributed by atoms with Gasteiger partial charge in [-0.3, -0.25) is 4.98 Å². The lowest BCUT2D eigenvalue weighted by molar-refractivity contribution is 0.619. The number of rotatable bonds is 3. The van der Waals surface area contributed by atoms with Crippen LogP contribution >= 0.6 is 12.2 Å². The van der Waals surface area contributed by atoms with Gasteiger partial charge in [0.25, 0.3) is 0 Å². The van der Waals surface area contributed by atoms with Gasteiger partial charge < -0.3 is 10.6 Å². The first-order valence-electron chi connectivity index (χ1n) is 6.30. The van der Waals surface area contributed by atoms with Crippen molar-refractivity contribution < 1.29 is 4.39 Å². The highest BCUT2D eigenvalue weighted by Gasteiger charge is 2.07. The lowest BCUT2D eigenvalue weighted by Gasteiger charge is -2.17. The molecular formula is C15H16FN3S. The fraction of sp³-hybridized carbons (Fsp3) is 0.200. The van der Waals surface area contributed by atoms with Gasteiger partial charge in [-0.1, -0.05) is 12.1 Å². The molecule has 3 nitrogen and oxygen atoms in total. The molecule has 2 rings (SSSR count). The van der Waals surface area contributed by atoms with Crippen molar-refractivity contribution in [1.82, 2.24) is 10.3 Å². The summed E-state index contributed by atoms with van der Waals surface area (Å²) in [6.07, 6.45) is 3.51. The van der Waals surface area contributed by atoms with E-state index in [9.17, 15) is 4.39 Å². The number of benzene rings is 1. The van der Waals surface area contributed by atoms with Crippen LogP contribution in [-0.4, -0.2) is 10.1 Å². The maximum atomic E-state index is 13.4. The van der Waals surface area contributed by atoms with Crippen molar-refractivity contribution >= 4 is 23.0 Å². The van der Waals surface area contributed by atoms with Gasteiger partial charge in [-0.2, -0.15) is 0 Å². The Balaban J connectivity index is 1.97. The van der Waals surface area contributed by atoms with E-state index >= 15 is 0 Å². The minimum Gasteiger partial charge on any atom is -0.356 e. The number of nitrogens with zero attached hydrogens (tertiary/aromatic N) is 1. The number of hydrogen-bond acceptors (Lipinski definition) is 2. The summed E-state index contributed by atoms with van der Waals surface area (Å²) < 4.78 is 13.4. The molecule has 20 heavy (non-hydrogen) atoms. The van der Waals surface area contributed by atoms with Gasteiger partial charge in [-0.15, -0.1) is 0 Å². The number of aryl methyl sites for hydroxylation is 1. The summed E-state index contributed by atoms with van der Waals surface area (Å²) >= 11 is 5.22. The Morgan fingerprint density at radius 2 is 2.15 bits per heavy atom. The third kappa shape index (κ3) is 3.74. The zero-order chi connectivity index (χ0) is 14.5. The topological polar surface area (TPSA) is 37.0 Å². The van der Waals surface area contributed by atoms with Crippen molar-refractivity contribution in [3.8, 4) is 0 Å². The van der Waals surface area contributed by atoms with E-state index < -0.39 is 0 Å². The SMILES string of the molecule is Cc1ccc(NC(=S)N[C@@H](C)c2cccnc2)cc1F. The molecule has 2 aromatic rings. The van der Waals surface area contributed by atoms with E-state index in [1.165, 1.54) is 6.07 Å². The Hall–Kier alpha value is -2.01. The van der Waals surface area contributed by atoms with Crippen LogP contribution in [0, 0.1) is 12.7 Å². The molecule has 0 radical (unpaired) electrons. The molecule has 0 aliphatic carbocycles. The van der Waals surface area contributed by atoms with Crippen molar-refractivity contribution in [2.75, 3.05) is 5.32 Å². The maximum Gasteiger partial charge on any atom is 0.171 e. The summed E-state index contributed by atoms with van der Waals surface area (Å²) in [6.45, 7) is 3.71. The molecule has 0 unspecified atom stereocenters. The Labute approximate surface area is 123 Å². The zero-order valence-electron chi connectivity index (χ0n) is 11.4. The van der Waals surface area contributed by atoms with Gasteiger partial charge in [0.05, 0.1) is 6.04 Å². The van der Waals surface area contributed by atoms with E-state index in [0.717, 1.165) is 5.56 Å². The van der Waals surface area contributed by atoms with E-state index in [0.29, 0.717) is 16.4 Å². The van der Waals surface area contributed by atoms with Crippen molar-refractivity contribution in [3.05, 3.63) is 59.7 Å². The summed E-state index contributed by atoms with van der Waals surface area (Å²) in [6, 6.07) is 8.81. The Morgan fingerprint density at radius 1 is 1.35 bits per heavy atom. The molecule has 0 spiro atoms. The number of anilines is 1. The van der Waals surface area contributed by atoms with E-state index in [-0.39, 0.29) is 11.9 Å². The average molecular weight is 289 g/mol.